The van der Waals surface area contributed by atoms with Gasteiger partial charge in [-0.15, -0.1) is 0 Å². The van der Waals surface area contributed by atoms with E-state index in [9.17, 15) is 9.90 Å². The summed E-state index contributed by atoms with van der Waals surface area (Å²) in [4.78, 5) is 11.5. The van der Waals surface area contributed by atoms with Crippen LogP contribution in [0.4, 0.5) is 0 Å². The molecule has 1 amide bonds. The van der Waals surface area contributed by atoms with E-state index in [2.05, 4.69) is 5.32 Å². The highest BCUT2D eigenvalue weighted by Crippen LogP contribution is 2.14. The van der Waals surface area contributed by atoms with Crippen LogP contribution in [-0.4, -0.2) is 29.3 Å². The molecule has 0 aliphatic carbocycles. The van der Waals surface area contributed by atoms with Crippen molar-refractivity contribution in [2.45, 2.75) is 12.8 Å². The molecule has 0 saturated heterocycles. The van der Waals surface area contributed by atoms with E-state index < -0.39 is 0 Å². The molecule has 4 nitrogen and oxygen atoms in total. The van der Waals surface area contributed by atoms with Crippen molar-refractivity contribution in [2.24, 2.45) is 0 Å². The largest absolute Gasteiger partial charge is 0.507 e. The Morgan fingerprint density at radius 1 is 1.27 bits per heavy atom. The molecule has 4 heteroatoms. The first kappa shape index (κ1) is 11.5. The van der Waals surface area contributed by atoms with E-state index in [1.54, 1.807) is 18.2 Å². The summed E-state index contributed by atoms with van der Waals surface area (Å²) < 4.78 is 0. The van der Waals surface area contributed by atoms with Gasteiger partial charge in [0.25, 0.3) is 5.91 Å². The molecule has 0 bridgehead atoms. The number of nitrogens with one attached hydrogen (secondary N) is 1. The van der Waals surface area contributed by atoms with Crippen molar-refractivity contribution in [3.05, 3.63) is 29.8 Å². The lowest BCUT2D eigenvalue weighted by atomic mass is 10.2. The molecule has 0 spiro atoms. The molecular weight excluding hydrogens is 194 g/mol. The lowest BCUT2D eigenvalue weighted by Gasteiger charge is -2.05. The molecule has 1 aromatic rings. The van der Waals surface area contributed by atoms with Gasteiger partial charge in [-0.1, -0.05) is 12.1 Å². The highest BCUT2D eigenvalue weighted by atomic mass is 16.3. The standard InChI is InChI=1S/C11H15NO3/c13-8-4-3-7-12-11(15)9-5-1-2-6-10(9)14/h1-2,5-6,13-14H,3-4,7-8H2,(H,12,15). The normalized spacial score (nSPS) is 9.93. The number of carbonyl (C=O) groups excluding carboxylic acids is 1. The zero-order valence-electron chi connectivity index (χ0n) is 8.44. The van der Waals surface area contributed by atoms with Gasteiger partial charge < -0.3 is 15.5 Å². The van der Waals surface area contributed by atoms with Gasteiger partial charge in [0.05, 0.1) is 5.56 Å². The first-order chi connectivity index (χ1) is 7.25. The molecule has 1 aromatic carbocycles. The Morgan fingerprint density at radius 3 is 2.67 bits per heavy atom. The molecule has 0 fully saturated rings. The number of benzene rings is 1. The summed E-state index contributed by atoms with van der Waals surface area (Å²) in [7, 11) is 0. The van der Waals surface area contributed by atoms with Gasteiger partial charge in [0.2, 0.25) is 0 Å². The average Bonchev–Trinajstić information content (AvgIpc) is 2.25. The first-order valence-electron chi connectivity index (χ1n) is 4.92. The number of hydrogen-bond acceptors (Lipinski definition) is 3. The van der Waals surface area contributed by atoms with Crippen LogP contribution >= 0.6 is 0 Å². The van der Waals surface area contributed by atoms with Gasteiger partial charge in [0.1, 0.15) is 5.75 Å². The molecule has 82 valence electrons. The van der Waals surface area contributed by atoms with Crippen LogP contribution in [0.5, 0.6) is 5.75 Å². The summed E-state index contributed by atoms with van der Waals surface area (Å²) in [6, 6.07) is 6.40. The fourth-order valence-corrected chi connectivity index (χ4v) is 1.20. The number of unbranched alkanes of at least 4 members (excludes halogenated alkanes) is 1. The minimum absolute atomic E-state index is 0.0165. The Labute approximate surface area is 88.6 Å². The lowest BCUT2D eigenvalue weighted by molar-refractivity contribution is 0.0949. The number of carbonyl (C=O) groups is 1. The highest BCUT2D eigenvalue weighted by molar-refractivity contribution is 5.96. The van der Waals surface area contributed by atoms with E-state index in [-0.39, 0.29) is 23.8 Å². The van der Waals surface area contributed by atoms with Crippen LogP contribution in [0, 0.1) is 0 Å². The van der Waals surface area contributed by atoms with Crippen LogP contribution < -0.4 is 5.32 Å². The van der Waals surface area contributed by atoms with Gasteiger partial charge in [0.15, 0.2) is 0 Å². The van der Waals surface area contributed by atoms with E-state index in [1.165, 1.54) is 6.07 Å². The molecule has 1 rings (SSSR count). The van der Waals surface area contributed by atoms with Gasteiger partial charge in [0, 0.05) is 13.2 Å². The zero-order valence-corrected chi connectivity index (χ0v) is 8.44. The Morgan fingerprint density at radius 2 is 2.00 bits per heavy atom. The minimum Gasteiger partial charge on any atom is -0.507 e. The summed E-state index contributed by atoms with van der Waals surface area (Å²) in [5.74, 6) is -0.303. The fourth-order valence-electron chi connectivity index (χ4n) is 1.20. The third-order valence-corrected chi connectivity index (χ3v) is 2.02. The molecule has 0 aliphatic heterocycles. The van der Waals surface area contributed by atoms with E-state index >= 15 is 0 Å². The lowest BCUT2D eigenvalue weighted by Crippen LogP contribution is -2.24. The third kappa shape index (κ3) is 3.59. The predicted octanol–water partition coefficient (Wildman–Crippen LogP) is 0.894. The second kappa shape index (κ2) is 6.03. The van der Waals surface area contributed by atoms with Gasteiger partial charge >= 0.3 is 0 Å². The van der Waals surface area contributed by atoms with Gasteiger partial charge in [-0.25, -0.2) is 0 Å². The summed E-state index contributed by atoms with van der Waals surface area (Å²) in [6.07, 6.45) is 1.40. The van der Waals surface area contributed by atoms with Crippen molar-refractivity contribution in [2.75, 3.05) is 13.2 Å². The smallest absolute Gasteiger partial charge is 0.255 e. The van der Waals surface area contributed by atoms with E-state index in [0.29, 0.717) is 13.0 Å². The zero-order chi connectivity index (χ0) is 11.1. The van der Waals surface area contributed by atoms with Crippen molar-refractivity contribution in [1.82, 2.24) is 5.32 Å². The Kier molecular flexibility index (Phi) is 4.63. The molecule has 3 N–H and O–H groups in total. The maximum absolute atomic E-state index is 11.5. The molecule has 0 saturated carbocycles. The monoisotopic (exact) mass is 209 g/mol. The Balaban J connectivity index is 2.44. The van der Waals surface area contributed by atoms with Crippen LogP contribution in [0.2, 0.25) is 0 Å². The first-order valence-corrected chi connectivity index (χ1v) is 4.92. The molecule has 0 atom stereocenters. The maximum atomic E-state index is 11.5. The number of amides is 1. The molecule has 0 heterocycles. The SMILES string of the molecule is O=C(NCCCCO)c1ccccc1O. The summed E-state index contributed by atoms with van der Waals surface area (Å²) >= 11 is 0. The summed E-state index contributed by atoms with van der Waals surface area (Å²) in [5, 5.41) is 20.6. The molecular formula is C11H15NO3. The topological polar surface area (TPSA) is 69.6 Å². The number of aliphatic hydroxyl groups is 1. The second-order valence-electron chi connectivity index (χ2n) is 3.20. The number of aromatic hydroxyl groups is 1. The molecule has 0 aromatic heterocycles. The van der Waals surface area contributed by atoms with Crippen LogP contribution in [0.3, 0.4) is 0 Å². The third-order valence-electron chi connectivity index (χ3n) is 2.02. The van der Waals surface area contributed by atoms with Crippen LogP contribution in [0.15, 0.2) is 24.3 Å². The van der Waals surface area contributed by atoms with Crippen molar-refractivity contribution in [1.29, 1.82) is 0 Å². The van der Waals surface area contributed by atoms with Gasteiger partial charge in [-0.2, -0.15) is 0 Å². The van der Waals surface area contributed by atoms with E-state index in [1.807, 2.05) is 0 Å². The van der Waals surface area contributed by atoms with E-state index in [4.69, 9.17) is 5.11 Å². The quantitative estimate of drug-likeness (QED) is 0.631. The van der Waals surface area contributed by atoms with Crippen molar-refractivity contribution < 1.29 is 15.0 Å². The molecule has 15 heavy (non-hydrogen) atoms. The van der Waals surface area contributed by atoms with Gasteiger partial charge in [-0.3, -0.25) is 4.79 Å². The van der Waals surface area contributed by atoms with E-state index in [0.717, 1.165) is 6.42 Å². The van der Waals surface area contributed by atoms with Crippen molar-refractivity contribution in [3.63, 3.8) is 0 Å². The number of hydrogen-bond donors (Lipinski definition) is 3. The Bertz CT molecular complexity index is 325. The number of aliphatic hydroxyl groups excluding tert-OH is 1. The molecule has 0 radical (unpaired) electrons. The second-order valence-corrected chi connectivity index (χ2v) is 3.20. The van der Waals surface area contributed by atoms with Gasteiger partial charge in [-0.05, 0) is 25.0 Å². The molecule has 0 unspecified atom stereocenters. The summed E-state index contributed by atoms with van der Waals surface area (Å²) in [5.41, 5.74) is 0.279. The van der Waals surface area contributed by atoms with Crippen molar-refractivity contribution >= 4 is 5.91 Å². The van der Waals surface area contributed by atoms with Crippen LogP contribution in [0.25, 0.3) is 0 Å². The fraction of sp³-hybridized carbons (Fsp3) is 0.364. The summed E-state index contributed by atoms with van der Waals surface area (Å²) in [6.45, 7) is 0.639. The minimum atomic E-state index is -0.286. The highest BCUT2D eigenvalue weighted by Gasteiger charge is 2.08. The average molecular weight is 209 g/mol. The number of phenols is 1. The molecule has 0 aliphatic rings. The number of rotatable bonds is 5. The predicted molar refractivity (Wildman–Crippen MR) is 56.8 cm³/mol. The van der Waals surface area contributed by atoms with Crippen LogP contribution in [-0.2, 0) is 0 Å². The van der Waals surface area contributed by atoms with Crippen LogP contribution in [0.1, 0.15) is 23.2 Å². The number of phenolic OH excluding ortho intramolecular Hbond substituents is 1. The number of para-hydroxylation sites is 1. The van der Waals surface area contributed by atoms with Crippen molar-refractivity contribution in [3.8, 4) is 5.75 Å². The Hall–Kier alpha value is -1.55. The maximum Gasteiger partial charge on any atom is 0.255 e.